The Balaban J connectivity index is 1.28. The maximum atomic E-state index is 15.0. The van der Waals surface area contributed by atoms with Crippen molar-refractivity contribution in [1.82, 2.24) is 0 Å². The fourth-order valence-corrected chi connectivity index (χ4v) is 4.64. The van der Waals surface area contributed by atoms with Gasteiger partial charge in [-0.1, -0.05) is 30.3 Å². The zero-order valence-corrected chi connectivity index (χ0v) is 20.2. The summed E-state index contributed by atoms with van der Waals surface area (Å²) in [6.07, 6.45) is 0.780. The molecule has 0 aromatic heterocycles. The first kappa shape index (κ1) is 26.1. The summed E-state index contributed by atoms with van der Waals surface area (Å²) in [5.41, 5.74) is 0.894. The van der Waals surface area contributed by atoms with Crippen molar-refractivity contribution >= 4 is 11.5 Å². The molecule has 1 saturated heterocycles. The molecule has 3 aromatic rings. The Kier molecular flexibility index (Phi) is 7.07. The highest BCUT2D eigenvalue weighted by Crippen LogP contribution is 2.38. The van der Waals surface area contributed by atoms with Crippen molar-refractivity contribution in [2.75, 3.05) is 6.61 Å². The molecule has 1 N–H and O–H groups in total. The van der Waals surface area contributed by atoms with Gasteiger partial charge in [0, 0.05) is 22.3 Å². The Labute approximate surface area is 215 Å². The predicted molar refractivity (Wildman–Crippen MR) is 128 cm³/mol. The highest BCUT2D eigenvalue weighted by molar-refractivity contribution is 5.78. The summed E-state index contributed by atoms with van der Waals surface area (Å²) >= 11 is 0. The molecule has 0 amide bonds. The Bertz CT molecular complexity index is 1450. The molecule has 3 atom stereocenters. The van der Waals surface area contributed by atoms with Crippen molar-refractivity contribution in [2.24, 2.45) is 5.92 Å². The normalized spacial score (nSPS) is 19.6. The van der Waals surface area contributed by atoms with Gasteiger partial charge in [-0.05, 0) is 55.5 Å². The summed E-state index contributed by atoms with van der Waals surface area (Å²) in [4.78, 5) is 12.6. The predicted octanol–water partition coefficient (Wildman–Crippen LogP) is 6.96. The van der Waals surface area contributed by atoms with Crippen LogP contribution in [0.5, 0.6) is 5.75 Å². The van der Waals surface area contributed by atoms with E-state index in [9.17, 15) is 27.5 Å². The molecule has 1 heterocycles. The summed E-state index contributed by atoms with van der Waals surface area (Å²) in [6, 6.07) is 9.17. The van der Waals surface area contributed by atoms with E-state index < -0.39 is 58.9 Å². The van der Waals surface area contributed by atoms with Crippen molar-refractivity contribution in [3.05, 3.63) is 94.3 Å². The minimum atomic E-state index is -1.36. The standard InChI is InChI=1S/C29H23F5O4/c1-14(35)18-10-11-23(28(34)25(18)31)38-29(36)16-4-2-15(3-5-16)19-7-6-17(12-22(19)30)20-8-9-21(24-13-37-24)27(33)26(20)32/h2,6-12,14,16,24,35H,3-5,13H2,1H3. The van der Waals surface area contributed by atoms with Crippen molar-refractivity contribution in [1.29, 1.82) is 0 Å². The monoisotopic (exact) mass is 530 g/mol. The number of carbonyl (C=O) groups excluding carboxylic acids is 1. The zero-order chi connectivity index (χ0) is 27.1. The van der Waals surface area contributed by atoms with E-state index in [0.717, 1.165) is 18.2 Å². The number of rotatable bonds is 6. The van der Waals surface area contributed by atoms with Crippen LogP contribution in [0.1, 0.15) is 55.1 Å². The number of aliphatic hydroxyl groups is 1. The van der Waals surface area contributed by atoms with Gasteiger partial charge < -0.3 is 14.6 Å². The van der Waals surface area contributed by atoms with E-state index in [1.807, 2.05) is 0 Å². The molecular weight excluding hydrogens is 507 g/mol. The fourth-order valence-electron chi connectivity index (χ4n) is 4.64. The molecule has 1 aliphatic carbocycles. The van der Waals surface area contributed by atoms with Gasteiger partial charge in [0.25, 0.3) is 0 Å². The topological polar surface area (TPSA) is 59.1 Å². The third-order valence-electron chi connectivity index (χ3n) is 6.90. The second kappa shape index (κ2) is 10.3. The van der Waals surface area contributed by atoms with Gasteiger partial charge in [0.1, 0.15) is 11.9 Å². The van der Waals surface area contributed by atoms with E-state index in [1.54, 1.807) is 6.08 Å². The van der Waals surface area contributed by atoms with E-state index in [0.29, 0.717) is 18.6 Å². The van der Waals surface area contributed by atoms with Gasteiger partial charge in [-0.15, -0.1) is 0 Å². The number of epoxide rings is 1. The maximum Gasteiger partial charge on any atom is 0.314 e. The molecule has 4 nitrogen and oxygen atoms in total. The summed E-state index contributed by atoms with van der Waals surface area (Å²) < 4.78 is 82.5. The molecule has 0 bridgehead atoms. The molecule has 9 heteroatoms. The molecule has 3 unspecified atom stereocenters. The average Bonchev–Trinajstić information content (AvgIpc) is 3.74. The first-order valence-electron chi connectivity index (χ1n) is 12.1. The molecule has 2 aliphatic rings. The molecule has 5 rings (SSSR count). The Hall–Kier alpha value is -3.56. The minimum Gasteiger partial charge on any atom is -0.423 e. The van der Waals surface area contributed by atoms with Gasteiger partial charge in [-0.3, -0.25) is 4.79 Å². The first-order valence-corrected chi connectivity index (χ1v) is 12.1. The number of allylic oxidation sites excluding steroid dienone is 2. The van der Waals surface area contributed by atoms with Crippen molar-refractivity contribution in [2.45, 2.75) is 38.4 Å². The molecule has 1 fully saturated rings. The Morgan fingerprint density at radius 3 is 2.34 bits per heavy atom. The van der Waals surface area contributed by atoms with Crippen LogP contribution in [0.25, 0.3) is 16.7 Å². The molecule has 3 aromatic carbocycles. The van der Waals surface area contributed by atoms with Crippen LogP contribution in [0.2, 0.25) is 0 Å². The summed E-state index contributed by atoms with van der Waals surface area (Å²) in [5, 5.41) is 9.49. The van der Waals surface area contributed by atoms with Crippen LogP contribution in [0.4, 0.5) is 22.0 Å². The molecule has 1 aliphatic heterocycles. The minimum absolute atomic E-state index is 0.0667. The molecule has 0 saturated carbocycles. The number of esters is 1. The van der Waals surface area contributed by atoms with Gasteiger partial charge in [0.2, 0.25) is 5.82 Å². The van der Waals surface area contributed by atoms with Crippen LogP contribution in [0, 0.1) is 35.0 Å². The second-order valence-electron chi connectivity index (χ2n) is 9.43. The maximum absolute atomic E-state index is 15.0. The summed E-state index contributed by atoms with van der Waals surface area (Å²) in [5.74, 6) is -7.33. The third-order valence-corrected chi connectivity index (χ3v) is 6.90. The van der Waals surface area contributed by atoms with Gasteiger partial charge in [-0.25, -0.2) is 17.6 Å². The van der Waals surface area contributed by atoms with Crippen LogP contribution in [-0.2, 0) is 9.53 Å². The van der Waals surface area contributed by atoms with Gasteiger partial charge in [0.15, 0.2) is 23.2 Å². The molecule has 0 spiro atoms. The van der Waals surface area contributed by atoms with E-state index in [-0.39, 0.29) is 40.7 Å². The van der Waals surface area contributed by atoms with Crippen molar-refractivity contribution in [3.8, 4) is 16.9 Å². The SMILES string of the molecule is CC(O)c1ccc(OC(=O)C2CC=C(c3ccc(-c4ccc(C5CO5)c(F)c4F)cc3F)CC2)c(F)c1F. The first-order chi connectivity index (χ1) is 18.2. The van der Waals surface area contributed by atoms with Gasteiger partial charge >= 0.3 is 5.97 Å². The van der Waals surface area contributed by atoms with E-state index >= 15 is 4.39 Å². The lowest BCUT2D eigenvalue weighted by Crippen LogP contribution is -2.23. The number of carbonyl (C=O) groups is 1. The average molecular weight is 530 g/mol. The fraction of sp³-hybridized carbons (Fsp3) is 0.276. The number of aliphatic hydroxyl groups excluding tert-OH is 1. The van der Waals surface area contributed by atoms with Gasteiger partial charge in [-0.2, -0.15) is 4.39 Å². The summed E-state index contributed by atoms with van der Waals surface area (Å²) in [7, 11) is 0. The molecule has 0 radical (unpaired) electrons. The quantitative estimate of drug-likeness (QED) is 0.162. The van der Waals surface area contributed by atoms with Crippen LogP contribution < -0.4 is 4.74 Å². The van der Waals surface area contributed by atoms with E-state index in [1.165, 1.54) is 31.2 Å². The lowest BCUT2D eigenvalue weighted by atomic mass is 9.86. The third kappa shape index (κ3) is 4.96. The number of ether oxygens (including phenoxy) is 2. The smallest absolute Gasteiger partial charge is 0.314 e. The van der Waals surface area contributed by atoms with E-state index in [2.05, 4.69) is 0 Å². The number of hydrogen-bond acceptors (Lipinski definition) is 4. The van der Waals surface area contributed by atoms with Gasteiger partial charge in [0.05, 0.1) is 18.6 Å². The zero-order valence-electron chi connectivity index (χ0n) is 20.2. The lowest BCUT2D eigenvalue weighted by molar-refractivity contribution is -0.139. The van der Waals surface area contributed by atoms with Crippen LogP contribution >= 0.6 is 0 Å². The van der Waals surface area contributed by atoms with E-state index in [4.69, 9.17) is 9.47 Å². The molecule has 38 heavy (non-hydrogen) atoms. The van der Waals surface area contributed by atoms with Crippen LogP contribution in [-0.4, -0.2) is 17.7 Å². The summed E-state index contributed by atoms with van der Waals surface area (Å²) in [6.45, 7) is 1.62. The Morgan fingerprint density at radius 1 is 0.974 bits per heavy atom. The van der Waals surface area contributed by atoms with Crippen LogP contribution in [0.3, 0.4) is 0 Å². The van der Waals surface area contributed by atoms with Crippen molar-refractivity contribution in [3.63, 3.8) is 0 Å². The largest absolute Gasteiger partial charge is 0.423 e. The number of halogens is 5. The van der Waals surface area contributed by atoms with Crippen molar-refractivity contribution < 1.29 is 41.3 Å². The molecular formula is C29H23F5O4. The molecule has 198 valence electrons. The highest BCUT2D eigenvalue weighted by atomic mass is 19.2. The lowest BCUT2D eigenvalue weighted by Gasteiger charge is -2.21. The number of hydrogen-bond donors (Lipinski definition) is 1. The Morgan fingerprint density at radius 2 is 1.71 bits per heavy atom. The van der Waals surface area contributed by atoms with Crippen LogP contribution in [0.15, 0.2) is 48.5 Å². The highest BCUT2D eigenvalue weighted by Gasteiger charge is 2.31. The number of benzene rings is 3. The second-order valence-corrected chi connectivity index (χ2v) is 9.43.